The molecule has 1 aromatic heterocycles. The monoisotopic (exact) mass is 390 g/mol. The number of hydrogen-bond acceptors (Lipinski definition) is 5. The molecule has 1 aromatic carbocycles. The van der Waals surface area contributed by atoms with Gasteiger partial charge in [-0.05, 0) is 40.5 Å². The Bertz CT molecular complexity index is 805. The highest BCUT2D eigenvalue weighted by Crippen LogP contribution is 2.31. The maximum absolute atomic E-state index is 12.3. The topological polar surface area (TPSA) is 75.7 Å². The van der Waals surface area contributed by atoms with Crippen LogP contribution in [0.4, 0.5) is 5.95 Å². The molecule has 0 spiro atoms. The van der Waals surface area contributed by atoms with E-state index in [9.17, 15) is 9.90 Å². The summed E-state index contributed by atoms with van der Waals surface area (Å²) in [6.45, 7) is 3.99. The van der Waals surface area contributed by atoms with Crippen molar-refractivity contribution in [1.29, 1.82) is 0 Å². The predicted molar refractivity (Wildman–Crippen MR) is 91.3 cm³/mol. The van der Waals surface area contributed by atoms with Crippen LogP contribution in [-0.4, -0.2) is 28.4 Å². The summed E-state index contributed by atoms with van der Waals surface area (Å²) in [6.07, 6.45) is 3.53. The lowest BCUT2D eigenvalue weighted by molar-refractivity contribution is -0.710. The van der Waals surface area contributed by atoms with Crippen molar-refractivity contribution < 1.29 is 19.2 Å². The molecule has 0 radical (unpaired) electrons. The molecule has 1 aliphatic heterocycles. The Hall–Kier alpha value is -2.28. The number of esters is 1. The van der Waals surface area contributed by atoms with Crippen molar-refractivity contribution in [2.75, 3.05) is 6.61 Å². The van der Waals surface area contributed by atoms with E-state index in [1.807, 2.05) is 29.8 Å². The van der Waals surface area contributed by atoms with Gasteiger partial charge in [0.2, 0.25) is 5.71 Å². The number of aromatic hydroxyl groups is 1. The summed E-state index contributed by atoms with van der Waals surface area (Å²) in [6, 6.07) is 6.75. The van der Waals surface area contributed by atoms with Gasteiger partial charge < -0.3 is 9.84 Å². The lowest BCUT2D eigenvalue weighted by Crippen LogP contribution is -2.50. The Morgan fingerprint density at radius 3 is 2.75 bits per heavy atom. The quantitative estimate of drug-likeness (QED) is 0.645. The van der Waals surface area contributed by atoms with Crippen LogP contribution in [0.1, 0.15) is 25.5 Å². The molecule has 2 atom stereocenters. The molecule has 0 saturated carbocycles. The van der Waals surface area contributed by atoms with E-state index in [4.69, 9.17) is 4.74 Å². The first-order chi connectivity index (χ1) is 11.5. The van der Waals surface area contributed by atoms with Crippen molar-refractivity contribution >= 4 is 33.6 Å². The molecular weight excluding hydrogens is 374 g/mol. The van der Waals surface area contributed by atoms with Crippen LogP contribution >= 0.6 is 15.9 Å². The maximum atomic E-state index is 12.3. The van der Waals surface area contributed by atoms with E-state index < -0.39 is 5.97 Å². The highest BCUT2D eigenvalue weighted by molar-refractivity contribution is 9.10. The molecule has 124 valence electrons. The first-order valence-electron chi connectivity index (χ1n) is 7.62. The van der Waals surface area contributed by atoms with E-state index in [-0.39, 0.29) is 17.7 Å². The number of ether oxygens (including phenoxy) is 1. The van der Waals surface area contributed by atoms with Crippen molar-refractivity contribution in [2.45, 2.75) is 19.9 Å². The standard InChI is InChI=1S/C17H16BrN3O3/c1-3-24-16(23)14-10(2)15(11-4-6-13(22)7-5-11)21-9-12(18)8-19-17(21)20-14/h4-10,15H,3H2,1-2H3/p+1. The molecule has 0 saturated heterocycles. The van der Waals surface area contributed by atoms with Crippen LogP contribution in [0, 0.1) is 5.92 Å². The third-order valence-electron chi connectivity index (χ3n) is 3.94. The molecule has 0 bridgehead atoms. The van der Waals surface area contributed by atoms with E-state index in [1.54, 1.807) is 25.3 Å². The number of hydrogen-bond donors (Lipinski definition) is 1. The highest BCUT2D eigenvalue weighted by atomic mass is 79.9. The molecule has 3 rings (SSSR count). The minimum Gasteiger partial charge on any atom is -0.508 e. The number of aromatic nitrogens is 2. The minimum absolute atomic E-state index is 0.178. The van der Waals surface area contributed by atoms with Gasteiger partial charge in [0.25, 0.3) is 0 Å². The molecule has 0 amide bonds. The number of rotatable bonds is 3. The summed E-state index contributed by atoms with van der Waals surface area (Å²) in [7, 11) is 0. The first-order valence-corrected chi connectivity index (χ1v) is 8.42. The van der Waals surface area contributed by atoms with Crippen LogP contribution in [0.5, 0.6) is 5.75 Å². The van der Waals surface area contributed by atoms with E-state index in [2.05, 4.69) is 25.9 Å². The highest BCUT2D eigenvalue weighted by Gasteiger charge is 2.41. The van der Waals surface area contributed by atoms with Crippen molar-refractivity contribution in [2.24, 2.45) is 10.9 Å². The van der Waals surface area contributed by atoms with E-state index >= 15 is 0 Å². The van der Waals surface area contributed by atoms with Gasteiger partial charge in [0, 0.05) is 0 Å². The smallest absolute Gasteiger partial charge is 0.433 e. The van der Waals surface area contributed by atoms with Crippen LogP contribution < -0.4 is 4.57 Å². The number of phenolic OH excluding ortho intramolecular Hbond substituents is 1. The Labute approximate surface area is 148 Å². The van der Waals surface area contributed by atoms with Gasteiger partial charge in [-0.15, -0.1) is 0 Å². The number of aliphatic imine (C=N–C) groups is 1. The summed E-state index contributed by atoms with van der Waals surface area (Å²) >= 11 is 3.43. The van der Waals surface area contributed by atoms with Gasteiger partial charge in [-0.1, -0.05) is 29.0 Å². The van der Waals surface area contributed by atoms with Gasteiger partial charge >= 0.3 is 11.9 Å². The van der Waals surface area contributed by atoms with Gasteiger partial charge in [-0.2, -0.15) is 0 Å². The second-order valence-corrected chi connectivity index (χ2v) is 6.44. The molecule has 24 heavy (non-hydrogen) atoms. The van der Waals surface area contributed by atoms with Crippen LogP contribution in [0.3, 0.4) is 0 Å². The van der Waals surface area contributed by atoms with Crippen LogP contribution in [-0.2, 0) is 9.53 Å². The summed E-state index contributed by atoms with van der Waals surface area (Å²) < 4.78 is 7.87. The van der Waals surface area contributed by atoms with Gasteiger partial charge in [-0.25, -0.2) is 9.36 Å². The third-order valence-corrected chi connectivity index (χ3v) is 4.35. The zero-order valence-corrected chi connectivity index (χ0v) is 14.9. The molecule has 1 aliphatic rings. The van der Waals surface area contributed by atoms with Gasteiger partial charge in [-0.3, -0.25) is 0 Å². The molecule has 1 N–H and O–H groups in total. The summed E-state index contributed by atoms with van der Waals surface area (Å²) in [5, 5.41) is 9.55. The third kappa shape index (κ3) is 3.03. The first kappa shape index (κ1) is 16.6. The number of carbonyl (C=O) groups excluding carboxylic acids is 1. The van der Waals surface area contributed by atoms with E-state index in [1.165, 1.54) is 0 Å². The lowest BCUT2D eigenvalue weighted by Gasteiger charge is -2.26. The van der Waals surface area contributed by atoms with Crippen LogP contribution in [0.2, 0.25) is 0 Å². The SMILES string of the molecule is CCOC(=O)C1=Nc2ncc(Br)c[n+]2C(c2ccc(O)cc2)C1C. The van der Waals surface area contributed by atoms with Gasteiger partial charge in [0.05, 0.1) is 23.2 Å². The van der Waals surface area contributed by atoms with Crippen molar-refractivity contribution in [1.82, 2.24) is 4.98 Å². The number of fused-ring (bicyclic) bond motifs is 1. The average Bonchev–Trinajstić information content (AvgIpc) is 2.56. The molecule has 2 unspecified atom stereocenters. The molecular formula is C17H17BrN3O3+. The fourth-order valence-electron chi connectivity index (χ4n) is 2.86. The van der Waals surface area contributed by atoms with Crippen molar-refractivity contribution in [3.8, 4) is 5.75 Å². The molecule has 0 fully saturated rings. The second kappa shape index (κ2) is 6.68. The number of nitrogens with zero attached hydrogens (tertiary/aromatic N) is 3. The predicted octanol–water partition coefficient (Wildman–Crippen LogP) is 2.71. The van der Waals surface area contributed by atoms with Gasteiger partial charge in [0.15, 0.2) is 0 Å². The number of phenols is 1. The molecule has 2 aromatic rings. The van der Waals surface area contributed by atoms with E-state index in [0.717, 1.165) is 10.0 Å². The zero-order chi connectivity index (χ0) is 17.3. The van der Waals surface area contributed by atoms with Crippen LogP contribution in [0.25, 0.3) is 0 Å². The van der Waals surface area contributed by atoms with E-state index in [0.29, 0.717) is 18.3 Å². The average molecular weight is 391 g/mol. The molecule has 6 nitrogen and oxygen atoms in total. The summed E-state index contributed by atoms with van der Waals surface area (Å²) in [5.41, 5.74) is 1.30. The maximum Gasteiger partial charge on any atom is 0.433 e. The van der Waals surface area contributed by atoms with Crippen molar-refractivity contribution in [3.05, 3.63) is 46.7 Å². The fraction of sp³-hybridized carbons (Fsp3) is 0.294. The molecule has 0 aliphatic carbocycles. The number of benzene rings is 1. The minimum atomic E-state index is -0.426. The van der Waals surface area contributed by atoms with Crippen LogP contribution in [0.15, 0.2) is 46.1 Å². The Morgan fingerprint density at radius 1 is 1.38 bits per heavy atom. The lowest BCUT2D eigenvalue weighted by atomic mass is 9.89. The Kier molecular flexibility index (Phi) is 4.62. The second-order valence-electron chi connectivity index (χ2n) is 5.52. The molecule has 7 heteroatoms. The fourth-order valence-corrected chi connectivity index (χ4v) is 3.18. The van der Waals surface area contributed by atoms with Gasteiger partial charge in [0.1, 0.15) is 18.0 Å². The zero-order valence-electron chi connectivity index (χ0n) is 13.3. The Morgan fingerprint density at radius 2 is 2.08 bits per heavy atom. The normalized spacial score (nSPS) is 19.4. The summed E-state index contributed by atoms with van der Waals surface area (Å²) in [4.78, 5) is 21.0. The largest absolute Gasteiger partial charge is 0.508 e. The Balaban J connectivity index is 2.14. The summed E-state index contributed by atoms with van der Waals surface area (Å²) in [5.74, 6) is 0.00320. The number of carbonyl (C=O) groups is 1. The van der Waals surface area contributed by atoms with Crippen molar-refractivity contribution in [3.63, 3.8) is 0 Å². The molecule has 2 heterocycles. The number of halogens is 1.